The van der Waals surface area contributed by atoms with E-state index in [1.165, 1.54) is 7.11 Å². The molecule has 0 radical (unpaired) electrons. The Labute approximate surface area is 122 Å². The van der Waals surface area contributed by atoms with Gasteiger partial charge in [0.2, 0.25) is 0 Å². The highest BCUT2D eigenvalue weighted by molar-refractivity contribution is 6.30. The fraction of sp³-hybridized carbons (Fsp3) is 0.125. The van der Waals surface area contributed by atoms with E-state index in [0.29, 0.717) is 21.9 Å². The van der Waals surface area contributed by atoms with Gasteiger partial charge in [-0.1, -0.05) is 35.9 Å². The molecule has 0 saturated carbocycles. The van der Waals surface area contributed by atoms with Crippen LogP contribution in [0.25, 0.3) is 0 Å². The minimum Gasteiger partial charge on any atom is -0.496 e. The number of benzene rings is 2. The number of ether oxygens (including phenoxy) is 1. The van der Waals surface area contributed by atoms with Gasteiger partial charge in [-0.05, 0) is 29.8 Å². The van der Waals surface area contributed by atoms with Crippen molar-refractivity contribution < 1.29 is 9.53 Å². The van der Waals surface area contributed by atoms with E-state index in [0.717, 1.165) is 0 Å². The number of carbonyl (C=O) groups is 1. The Kier molecular flexibility index (Phi) is 4.39. The van der Waals surface area contributed by atoms with E-state index in [2.05, 4.69) is 0 Å². The number of halogens is 1. The van der Waals surface area contributed by atoms with Crippen LogP contribution in [-0.4, -0.2) is 12.9 Å². The van der Waals surface area contributed by atoms with E-state index in [4.69, 9.17) is 16.3 Å². The largest absolute Gasteiger partial charge is 0.496 e. The van der Waals surface area contributed by atoms with Crippen LogP contribution >= 0.6 is 11.6 Å². The van der Waals surface area contributed by atoms with Crippen LogP contribution in [0.5, 0.6) is 5.75 Å². The summed E-state index contributed by atoms with van der Waals surface area (Å²) in [4.78, 5) is 12.5. The van der Waals surface area contributed by atoms with Crippen molar-refractivity contribution in [2.45, 2.75) is 5.92 Å². The molecule has 0 aromatic heterocycles. The number of hydrogen-bond donors (Lipinski definition) is 0. The molecule has 0 saturated heterocycles. The van der Waals surface area contributed by atoms with Crippen LogP contribution in [0, 0.1) is 11.3 Å². The van der Waals surface area contributed by atoms with Crippen molar-refractivity contribution in [1.82, 2.24) is 0 Å². The number of hydrogen-bond acceptors (Lipinski definition) is 3. The Bertz CT molecular complexity index is 659. The van der Waals surface area contributed by atoms with Gasteiger partial charge >= 0.3 is 0 Å². The number of nitriles is 1. The molecule has 0 amide bonds. The molecule has 0 aliphatic rings. The lowest BCUT2D eigenvalue weighted by atomic mass is 9.91. The number of para-hydroxylation sites is 1. The van der Waals surface area contributed by atoms with Crippen LogP contribution in [0.2, 0.25) is 5.02 Å². The predicted molar refractivity (Wildman–Crippen MR) is 77.1 cm³/mol. The zero-order chi connectivity index (χ0) is 14.5. The van der Waals surface area contributed by atoms with Gasteiger partial charge in [0.1, 0.15) is 11.7 Å². The van der Waals surface area contributed by atoms with Gasteiger partial charge in [0, 0.05) is 5.02 Å². The minimum absolute atomic E-state index is 0.285. The van der Waals surface area contributed by atoms with Gasteiger partial charge < -0.3 is 4.74 Å². The number of nitrogens with zero attached hydrogens (tertiary/aromatic N) is 1. The molecule has 0 N–H and O–H groups in total. The Morgan fingerprint density at radius 3 is 2.45 bits per heavy atom. The zero-order valence-electron chi connectivity index (χ0n) is 10.8. The Hall–Kier alpha value is -2.31. The standard InChI is InChI=1S/C16H12ClNO2/c1-20-15-5-3-2-4-13(15)16(19)14(10-18)11-6-8-12(17)9-7-11/h2-9,14H,1H3. The van der Waals surface area contributed by atoms with Gasteiger partial charge in [0.05, 0.1) is 18.7 Å². The number of Topliss-reactive ketones (excluding diaryl/α,β-unsaturated/α-hetero) is 1. The molecule has 0 spiro atoms. The lowest BCUT2D eigenvalue weighted by Crippen LogP contribution is -2.12. The number of rotatable bonds is 4. The van der Waals surface area contributed by atoms with Crippen molar-refractivity contribution >= 4 is 17.4 Å². The van der Waals surface area contributed by atoms with Crippen molar-refractivity contribution in [2.75, 3.05) is 7.11 Å². The van der Waals surface area contributed by atoms with Crippen LogP contribution in [0.15, 0.2) is 48.5 Å². The fourth-order valence-corrected chi connectivity index (χ4v) is 2.07. The Morgan fingerprint density at radius 2 is 1.85 bits per heavy atom. The quantitative estimate of drug-likeness (QED) is 0.802. The molecule has 0 heterocycles. The number of carbonyl (C=O) groups excluding carboxylic acids is 1. The maximum Gasteiger partial charge on any atom is 0.188 e. The van der Waals surface area contributed by atoms with Gasteiger partial charge in [-0.15, -0.1) is 0 Å². The summed E-state index contributed by atoms with van der Waals surface area (Å²) in [6, 6.07) is 15.6. The third-order valence-electron chi connectivity index (χ3n) is 2.97. The molecule has 0 aliphatic carbocycles. The van der Waals surface area contributed by atoms with Crippen LogP contribution in [-0.2, 0) is 0 Å². The lowest BCUT2D eigenvalue weighted by molar-refractivity contribution is 0.0976. The SMILES string of the molecule is COc1ccccc1C(=O)C(C#N)c1ccc(Cl)cc1. The summed E-state index contributed by atoms with van der Waals surface area (Å²) in [6.45, 7) is 0. The molecule has 4 heteroatoms. The van der Waals surface area contributed by atoms with Crippen LogP contribution < -0.4 is 4.74 Å². The summed E-state index contributed by atoms with van der Waals surface area (Å²) in [5.74, 6) is -0.692. The molecular formula is C16H12ClNO2. The molecule has 0 fully saturated rings. The van der Waals surface area contributed by atoms with Gasteiger partial charge in [-0.25, -0.2) is 0 Å². The maximum absolute atomic E-state index is 12.5. The van der Waals surface area contributed by atoms with Gasteiger partial charge in [0.15, 0.2) is 5.78 Å². The van der Waals surface area contributed by atoms with Crippen molar-refractivity contribution in [3.63, 3.8) is 0 Å². The van der Waals surface area contributed by atoms with Crippen molar-refractivity contribution in [1.29, 1.82) is 5.26 Å². The molecule has 0 bridgehead atoms. The van der Waals surface area contributed by atoms with E-state index in [-0.39, 0.29) is 5.78 Å². The van der Waals surface area contributed by atoms with E-state index in [1.807, 2.05) is 6.07 Å². The van der Waals surface area contributed by atoms with Crippen molar-refractivity contribution in [3.05, 3.63) is 64.7 Å². The van der Waals surface area contributed by atoms with Crippen molar-refractivity contribution in [3.8, 4) is 11.8 Å². The Balaban J connectivity index is 2.39. The summed E-state index contributed by atoms with van der Waals surface area (Å²) in [6.07, 6.45) is 0. The van der Waals surface area contributed by atoms with E-state index < -0.39 is 5.92 Å². The molecule has 100 valence electrons. The first-order valence-electron chi connectivity index (χ1n) is 5.99. The second-order valence-corrected chi connectivity index (χ2v) is 4.61. The fourth-order valence-electron chi connectivity index (χ4n) is 1.94. The first-order chi connectivity index (χ1) is 9.67. The lowest BCUT2D eigenvalue weighted by Gasteiger charge is -2.11. The zero-order valence-corrected chi connectivity index (χ0v) is 11.6. The van der Waals surface area contributed by atoms with Crippen LogP contribution in [0.4, 0.5) is 0 Å². The molecule has 2 aromatic carbocycles. The summed E-state index contributed by atoms with van der Waals surface area (Å²) in [5, 5.41) is 9.86. The normalized spacial score (nSPS) is 11.4. The highest BCUT2D eigenvalue weighted by atomic mass is 35.5. The maximum atomic E-state index is 12.5. The topological polar surface area (TPSA) is 50.1 Å². The average Bonchev–Trinajstić information content (AvgIpc) is 2.49. The monoisotopic (exact) mass is 285 g/mol. The third-order valence-corrected chi connectivity index (χ3v) is 3.22. The summed E-state index contributed by atoms with van der Waals surface area (Å²) in [7, 11) is 1.50. The van der Waals surface area contributed by atoms with Crippen LogP contribution in [0.3, 0.4) is 0 Å². The highest BCUT2D eigenvalue weighted by Gasteiger charge is 2.24. The second kappa shape index (κ2) is 6.23. The Morgan fingerprint density at radius 1 is 1.20 bits per heavy atom. The number of methoxy groups -OCH3 is 1. The average molecular weight is 286 g/mol. The molecular weight excluding hydrogens is 274 g/mol. The second-order valence-electron chi connectivity index (χ2n) is 4.18. The molecule has 2 aromatic rings. The molecule has 0 aliphatic heterocycles. The third kappa shape index (κ3) is 2.81. The highest BCUT2D eigenvalue weighted by Crippen LogP contribution is 2.26. The molecule has 20 heavy (non-hydrogen) atoms. The van der Waals surface area contributed by atoms with E-state index in [9.17, 15) is 10.1 Å². The van der Waals surface area contributed by atoms with Gasteiger partial charge in [-0.2, -0.15) is 5.26 Å². The predicted octanol–water partition coefficient (Wildman–Crippen LogP) is 3.84. The molecule has 2 rings (SSSR count). The van der Waals surface area contributed by atoms with Crippen molar-refractivity contribution in [2.24, 2.45) is 0 Å². The van der Waals surface area contributed by atoms with Gasteiger partial charge in [0.25, 0.3) is 0 Å². The summed E-state index contributed by atoms with van der Waals surface area (Å²) in [5.41, 5.74) is 1.02. The van der Waals surface area contributed by atoms with Gasteiger partial charge in [-0.3, -0.25) is 4.79 Å². The summed E-state index contributed by atoms with van der Waals surface area (Å²) >= 11 is 5.82. The molecule has 3 nitrogen and oxygen atoms in total. The smallest absolute Gasteiger partial charge is 0.188 e. The molecule has 1 unspecified atom stereocenters. The van der Waals surface area contributed by atoms with Crippen LogP contribution in [0.1, 0.15) is 21.8 Å². The first-order valence-corrected chi connectivity index (χ1v) is 6.37. The summed E-state index contributed by atoms with van der Waals surface area (Å²) < 4.78 is 5.16. The number of ketones is 1. The molecule has 1 atom stereocenters. The van der Waals surface area contributed by atoms with E-state index >= 15 is 0 Å². The minimum atomic E-state index is -0.872. The van der Waals surface area contributed by atoms with E-state index in [1.54, 1.807) is 48.5 Å². The first kappa shape index (κ1) is 14.1.